The van der Waals surface area contributed by atoms with Gasteiger partial charge in [-0.15, -0.1) is 0 Å². The standard InChI is InChI=1S/C13H15N3O2/c1-2-11-5-10(6-12(14)16-11)13(17)15-7-9-3-4-18-8-9/h3-6,8H,2,7H2,1H3,(H2,14,16)(H,15,17). The Hall–Kier alpha value is -2.30. The van der Waals surface area contributed by atoms with Crippen molar-refractivity contribution in [2.45, 2.75) is 19.9 Å². The van der Waals surface area contributed by atoms with Crippen molar-refractivity contribution in [2.24, 2.45) is 0 Å². The molecule has 0 saturated carbocycles. The summed E-state index contributed by atoms with van der Waals surface area (Å²) in [7, 11) is 0. The Kier molecular flexibility index (Phi) is 3.62. The zero-order chi connectivity index (χ0) is 13.0. The van der Waals surface area contributed by atoms with Crippen molar-refractivity contribution < 1.29 is 9.21 Å². The van der Waals surface area contributed by atoms with Gasteiger partial charge in [-0.25, -0.2) is 4.98 Å². The van der Waals surface area contributed by atoms with E-state index in [1.54, 1.807) is 30.7 Å². The molecule has 0 aliphatic heterocycles. The van der Waals surface area contributed by atoms with E-state index in [1.807, 2.05) is 6.92 Å². The Morgan fingerprint density at radius 2 is 2.33 bits per heavy atom. The molecule has 1 amide bonds. The third-order valence-electron chi connectivity index (χ3n) is 2.56. The first-order valence-electron chi connectivity index (χ1n) is 5.74. The van der Waals surface area contributed by atoms with Gasteiger partial charge in [0.1, 0.15) is 5.82 Å². The molecule has 2 rings (SSSR count). The third kappa shape index (κ3) is 2.88. The first-order valence-corrected chi connectivity index (χ1v) is 5.74. The highest BCUT2D eigenvalue weighted by atomic mass is 16.3. The van der Waals surface area contributed by atoms with Crippen LogP contribution in [0.5, 0.6) is 0 Å². The smallest absolute Gasteiger partial charge is 0.251 e. The van der Waals surface area contributed by atoms with Crippen molar-refractivity contribution in [2.75, 3.05) is 5.73 Å². The summed E-state index contributed by atoms with van der Waals surface area (Å²) >= 11 is 0. The highest BCUT2D eigenvalue weighted by Crippen LogP contribution is 2.09. The Balaban J connectivity index is 2.06. The number of amides is 1. The zero-order valence-electron chi connectivity index (χ0n) is 10.1. The topological polar surface area (TPSA) is 81.2 Å². The molecule has 0 aromatic carbocycles. The van der Waals surface area contributed by atoms with Gasteiger partial charge in [-0.05, 0) is 24.6 Å². The number of carbonyl (C=O) groups excluding carboxylic acids is 1. The number of anilines is 1. The number of nitrogens with zero attached hydrogens (tertiary/aromatic N) is 1. The summed E-state index contributed by atoms with van der Waals surface area (Å²) in [5.74, 6) is 0.197. The maximum absolute atomic E-state index is 11.9. The van der Waals surface area contributed by atoms with Gasteiger partial charge >= 0.3 is 0 Å². The number of aromatic nitrogens is 1. The van der Waals surface area contributed by atoms with Crippen LogP contribution < -0.4 is 11.1 Å². The van der Waals surface area contributed by atoms with Crippen molar-refractivity contribution in [1.82, 2.24) is 10.3 Å². The van der Waals surface area contributed by atoms with Gasteiger partial charge in [-0.2, -0.15) is 0 Å². The van der Waals surface area contributed by atoms with Gasteiger partial charge in [-0.3, -0.25) is 4.79 Å². The molecule has 0 aliphatic carbocycles. The second-order valence-corrected chi connectivity index (χ2v) is 3.94. The Morgan fingerprint density at radius 3 is 3.00 bits per heavy atom. The predicted molar refractivity (Wildman–Crippen MR) is 67.9 cm³/mol. The molecule has 2 heterocycles. The quantitative estimate of drug-likeness (QED) is 0.859. The fourth-order valence-corrected chi connectivity index (χ4v) is 1.60. The van der Waals surface area contributed by atoms with Crippen LogP contribution in [0.3, 0.4) is 0 Å². The Morgan fingerprint density at radius 1 is 1.50 bits per heavy atom. The van der Waals surface area contributed by atoms with E-state index in [4.69, 9.17) is 10.2 Å². The van der Waals surface area contributed by atoms with Crippen molar-refractivity contribution in [1.29, 1.82) is 0 Å². The number of hydrogen-bond donors (Lipinski definition) is 2. The first-order chi connectivity index (χ1) is 8.69. The number of nitrogens with one attached hydrogen (secondary N) is 1. The maximum atomic E-state index is 11.9. The number of aryl methyl sites for hydroxylation is 1. The van der Waals surface area contributed by atoms with E-state index in [0.29, 0.717) is 17.9 Å². The molecule has 0 fully saturated rings. The molecule has 18 heavy (non-hydrogen) atoms. The summed E-state index contributed by atoms with van der Waals surface area (Å²) in [5.41, 5.74) is 7.91. The molecule has 94 valence electrons. The summed E-state index contributed by atoms with van der Waals surface area (Å²) in [6.45, 7) is 2.40. The predicted octanol–water partition coefficient (Wildman–Crippen LogP) is 1.75. The summed E-state index contributed by atoms with van der Waals surface area (Å²) in [5, 5.41) is 2.80. The van der Waals surface area contributed by atoms with Crippen LogP contribution in [0.1, 0.15) is 28.5 Å². The van der Waals surface area contributed by atoms with Crippen LogP contribution in [0.2, 0.25) is 0 Å². The number of furan rings is 1. The number of nitrogens with two attached hydrogens (primary N) is 1. The van der Waals surface area contributed by atoms with Crippen LogP contribution in [0.15, 0.2) is 35.1 Å². The lowest BCUT2D eigenvalue weighted by Gasteiger charge is -2.06. The molecule has 0 unspecified atom stereocenters. The van der Waals surface area contributed by atoms with Gasteiger partial charge in [0.25, 0.3) is 5.91 Å². The molecule has 2 aromatic rings. The summed E-state index contributed by atoms with van der Waals surface area (Å²) in [4.78, 5) is 16.1. The molecule has 0 saturated heterocycles. The van der Waals surface area contributed by atoms with E-state index >= 15 is 0 Å². The largest absolute Gasteiger partial charge is 0.472 e. The molecule has 5 nitrogen and oxygen atoms in total. The molecular weight excluding hydrogens is 230 g/mol. The molecule has 2 aromatic heterocycles. The minimum absolute atomic E-state index is 0.167. The summed E-state index contributed by atoms with van der Waals surface area (Å²) in [6, 6.07) is 5.13. The van der Waals surface area contributed by atoms with Crippen LogP contribution in [0, 0.1) is 0 Å². The maximum Gasteiger partial charge on any atom is 0.251 e. The van der Waals surface area contributed by atoms with E-state index in [9.17, 15) is 4.79 Å². The first kappa shape index (κ1) is 12.2. The lowest BCUT2D eigenvalue weighted by Crippen LogP contribution is -2.23. The van der Waals surface area contributed by atoms with E-state index < -0.39 is 0 Å². The summed E-state index contributed by atoms with van der Waals surface area (Å²) in [6.07, 6.45) is 3.91. The van der Waals surface area contributed by atoms with Crippen LogP contribution in [-0.4, -0.2) is 10.9 Å². The highest BCUT2D eigenvalue weighted by molar-refractivity contribution is 5.94. The van der Waals surface area contributed by atoms with Gasteiger partial charge < -0.3 is 15.5 Å². The van der Waals surface area contributed by atoms with Crippen LogP contribution in [0.25, 0.3) is 0 Å². The van der Waals surface area contributed by atoms with Crippen LogP contribution in [0.4, 0.5) is 5.82 Å². The van der Waals surface area contributed by atoms with E-state index in [2.05, 4.69) is 10.3 Å². The van der Waals surface area contributed by atoms with Crippen LogP contribution >= 0.6 is 0 Å². The number of carbonyl (C=O) groups is 1. The van der Waals surface area contributed by atoms with Gasteiger partial charge in [0, 0.05) is 23.4 Å². The molecule has 3 N–H and O–H groups in total. The van der Waals surface area contributed by atoms with Crippen molar-refractivity contribution in [3.05, 3.63) is 47.5 Å². The average molecular weight is 245 g/mol. The Bertz CT molecular complexity index is 535. The second kappa shape index (κ2) is 5.35. The normalized spacial score (nSPS) is 10.3. The molecule has 0 spiro atoms. The monoisotopic (exact) mass is 245 g/mol. The van der Waals surface area contributed by atoms with Crippen molar-refractivity contribution in [3.8, 4) is 0 Å². The van der Waals surface area contributed by atoms with Gasteiger partial charge in [0.2, 0.25) is 0 Å². The molecule has 0 aliphatic rings. The molecule has 0 atom stereocenters. The fourth-order valence-electron chi connectivity index (χ4n) is 1.60. The summed E-state index contributed by atoms with van der Waals surface area (Å²) < 4.78 is 4.93. The number of rotatable bonds is 4. The molecule has 0 bridgehead atoms. The van der Waals surface area contributed by atoms with E-state index in [1.165, 1.54) is 0 Å². The lowest BCUT2D eigenvalue weighted by molar-refractivity contribution is 0.0950. The van der Waals surface area contributed by atoms with E-state index in [0.717, 1.165) is 17.7 Å². The molecule has 5 heteroatoms. The van der Waals surface area contributed by atoms with Gasteiger partial charge in [0.05, 0.1) is 12.5 Å². The molecular formula is C13H15N3O2. The number of nitrogen functional groups attached to an aromatic ring is 1. The van der Waals surface area contributed by atoms with Gasteiger partial charge in [0.15, 0.2) is 0 Å². The third-order valence-corrected chi connectivity index (χ3v) is 2.56. The zero-order valence-corrected chi connectivity index (χ0v) is 10.1. The van der Waals surface area contributed by atoms with Crippen molar-refractivity contribution in [3.63, 3.8) is 0 Å². The minimum atomic E-state index is -0.167. The number of pyridine rings is 1. The lowest BCUT2D eigenvalue weighted by atomic mass is 10.2. The SMILES string of the molecule is CCc1cc(C(=O)NCc2ccoc2)cc(N)n1. The van der Waals surface area contributed by atoms with E-state index in [-0.39, 0.29) is 5.91 Å². The fraction of sp³-hybridized carbons (Fsp3) is 0.231. The second-order valence-electron chi connectivity index (χ2n) is 3.94. The molecule has 0 radical (unpaired) electrons. The van der Waals surface area contributed by atoms with Crippen molar-refractivity contribution >= 4 is 11.7 Å². The Labute approximate surface area is 105 Å². The van der Waals surface area contributed by atoms with Gasteiger partial charge in [-0.1, -0.05) is 6.92 Å². The van der Waals surface area contributed by atoms with Crippen LogP contribution in [-0.2, 0) is 13.0 Å². The minimum Gasteiger partial charge on any atom is -0.472 e. The number of hydrogen-bond acceptors (Lipinski definition) is 4. The highest BCUT2D eigenvalue weighted by Gasteiger charge is 2.08. The average Bonchev–Trinajstić information content (AvgIpc) is 2.88.